The molecule has 0 aliphatic rings. The normalized spacial score (nSPS) is 12.5. The third kappa shape index (κ3) is 2.79. The zero-order valence-electron chi connectivity index (χ0n) is 8.13. The second-order valence-corrected chi connectivity index (χ2v) is 3.67. The minimum atomic E-state index is 0.161. The van der Waals surface area contributed by atoms with Gasteiger partial charge in [0, 0.05) is 12.6 Å². The predicted molar refractivity (Wildman–Crippen MR) is 60.7 cm³/mol. The summed E-state index contributed by atoms with van der Waals surface area (Å²) < 4.78 is 0. The van der Waals surface area contributed by atoms with Crippen molar-refractivity contribution in [3.63, 3.8) is 0 Å². The molecule has 0 aromatic heterocycles. The van der Waals surface area contributed by atoms with Gasteiger partial charge < -0.3 is 16.2 Å². The topological polar surface area (TPSA) is 58.3 Å². The zero-order chi connectivity index (χ0) is 10.6. The lowest BCUT2D eigenvalue weighted by Crippen LogP contribution is -2.17. The molecule has 14 heavy (non-hydrogen) atoms. The molecule has 0 amide bonds. The quantitative estimate of drug-likeness (QED) is 0.673. The van der Waals surface area contributed by atoms with Crippen LogP contribution in [0, 0.1) is 0 Å². The Morgan fingerprint density at radius 3 is 2.93 bits per heavy atom. The molecule has 0 bridgehead atoms. The van der Waals surface area contributed by atoms with Crippen LogP contribution >= 0.6 is 11.6 Å². The van der Waals surface area contributed by atoms with E-state index < -0.39 is 0 Å². The van der Waals surface area contributed by atoms with Crippen molar-refractivity contribution >= 4 is 23.0 Å². The van der Waals surface area contributed by atoms with Gasteiger partial charge in [0.15, 0.2) is 0 Å². The molecule has 0 saturated heterocycles. The number of aliphatic hydroxyl groups is 1. The van der Waals surface area contributed by atoms with Gasteiger partial charge in [-0.15, -0.1) is 0 Å². The van der Waals surface area contributed by atoms with Gasteiger partial charge in [-0.05, 0) is 25.5 Å². The van der Waals surface area contributed by atoms with Gasteiger partial charge in [-0.25, -0.2) is 0 Å². The summed E-state index contributed by atoms with van der Waals surface area (Å²) >= 11 is 5.86. The molecular formula is C10H15ClN2O. The molecule has 0 fully saturated rings. The van der Waals surface area contributed by atoms with E-state index in [0.29, 0.717) is 17.1 Å². The molecule has 4 heteroatoms. The maximum atomic E-state index is 8.74. The minimum Gasteiger partial charge on any atom is -0.396 e. The van der Waals surface area contributed by atoms with Crippen molar-refractivity contribution in [1.29, 1.82) is 0 Å². The fraction of sp³-hybridized carbons (Fsp3) is 0.400. The summed E-state index contributed by atoms with van der Waals surface area (Å²) in [5.41, 5.74) is 7.14. The third-order valence-corrected chi connectivity index (χ3v) is 2.35. The van der Waals surface area contributed by atoms with Crippen molar-refractivity contribution in [1.82, 2.24) is 0 Å². The lowest BCUT2D eigenvalue weighted by atomic mass is 10.2. The van der Waals surface area contributed by atoms with Gasteiger partial charge in [-0.1, -0.05) is 17.7 Å². The number of para-hydroxylation sites is 1. The van der Waals surface area contributed by atoms with E-state index in [9.17, 15) is 0 Å². The highest BCUT2D eigenvalue weighted by molar-refractivity contribution is 6.33. The molecule has 0 spiro atoms. The van der Waals surface area contributed by atoms with Crippen molar-refractivity contribution < 1.29 is 5.11 Å². The summed E-state index contributed by atoms with van der Waals surface area (Å²) in [6.45, 7) is 2.14. The Bertz CT molecular complexity index is 304. The number of nitrogens with two attached hydrogens (primary N) is 1. The Balaban J connectivity index is 2.71. The molecule has 0 aliphatic carbocycles. The van der Waals surface area contributed by atoms with Crippen LogP contribution < -0.4 is 11.1 Å². The third-order valence-electron chi connectivity index (χ3n) is 2.02. The van der Waals surface area contributed by atoms with Crippen LogP contribution in [0.3, 0.4) is 0 Å². The molecular weight excluding hydrogens is 200 g/mol. The van der Waals surface area contributed by atoms with Crippen LogP contribution in [0.1, 0.15) is 13.3 Å². The Hall–Kier alpha value is -0.930. The Morgan fingerprint density at radius 2 is 2.29 bits per heavy atom. The fourth-order valence-electron chi connectivity index (χ4n) is 1.19. The standard InChI is InChI=1S/C10H15ClN2O/c1-7(5-6-14)13-9-4-2-3-8(11)10(9)12/h2-4,7,13-14H,5-6,12H2,1H3. The molecule has 1 rings (SSSR count). The molecule has 0 saturated carbocycles. The fourth-order valence-corrected chi connectivity index (χ4v) is 1.37. The van der Waals surface area contributed by atoms with Crippen LogP contribution in [0.2, 0.25) is 5.02 Å². The van der Waals surface area contributed by atoms with Crippen molar-refractivity contribution in [2.75, 3.05) is 17.7 Å². The molecule has 0 aliphatic heterocycles. The maximum absolute atomic E-state index is 8.74. The van der Waals surface area contributed by atoms with E-state index in [-0.39, 0.29) is 12.6 Å². The average Bonchev–Trinajstić information content (AvgIpc) is 2.13. The van der Waals surface area contributed by atoms with Crippen molar-refractivity contribution in [2.45, 2.75) is 19.4 Å². The van der Waals surface area contributed by atoms with Gasteiger partial charge in [0.2, 0.25) is 0 Å². The summed E-state index contributed by atoms with van der Waals surface area (Å²) in [6.07, 6.45) is 0.686. The number of nitrogen functional groups attached to an aromatic ring is 1. The van der Waals surface area contributed by atoms with Gasteiger partial charge in [0.25, 0.3) is 0 Å². The van der Waals surface area contributed by atoms with Gasteiger partial charge in [0.1, 0.15) is 0 Å². The molecule has 0 radical (unpaired) electrons. The second-order valence-electron chi connectivity index (χ2n) is 3.26. The molecule has 78 valence electrons. The van der Waals surface area contributed by atoms with E-state index in [2.05, 4.69) is 5.32 Å². The number of hydrogen-bond acceptors (Lipinski definition) is 3. The molecule has 4 N–H and O–H groups in total. The van der Waals surface area contributed by atoms with E-state index in [1.165, 1.54) is 0 Å². The summed E-state index contributed by atoms with van der Waals surface area (Å²) in [6, 6.07) is 5.64. The first-order valence-corrected chi connectivity index (χ1v) is 4.94. The number of hydrogen-bond donors (Lipinski definition) is 3. The number of aliphatic hydroxyl groups excluding tert-OH is 1. The second kappa shape index (κ2) is 5.08. The first-order valence-electron chi connectivity index (χ1n) is 4.56. The van der Waals surface area contributed by atoms with Crippen molar-refractivity contribution in [3.05, 3.63) is 23.2 Å². The SMILES string of the molecule is CC(CCO)Nc1cccc(Cl)c1N. The van der Waals surface area contributed by atoms with Gasteiger partial charge in [-0.2, -0.15) is 0 Å². The molecule has 1 aromatic carbocycles. The smallest absolute Gasteiger partial charge is 0.0739 e. The van der Waals surface area contributed by atoms with Gasteiger partial charge >= 0.3 is 0 Å². The van der Waals surface area contributed by atoms with E-state index in [1.807, 2.05) is 19.1 Å². The highest BCUT2D eigenvalue weighted by atomic mass is 35.5. The maximum Gasteiger partial charge on any atom is 0.0739 e. The van der Waals surface area contributed by atoms with Gasteiger partial charge in [0.05, 0.1) is 16.4 Å². The lowest BCUT2D eigenvalue weighted by Gasteiger charge is -2.16. The summed E-state index contributed by atoms with van der Waals surface area (Å²) in [4.78, 5) is 0. The van der Waals surface area contributed by atoms with E-state index >= 15 is 0 Å². The molecule has 1 aromatic rings. The summed E-state index contributed by atoms with van der Waals surface area (Å²) in [5, 5.41) is 12.5. The average molecular weight is 215 g/mol. The van der Waals surface area contributed by atoms with Crippen molar-refractivity contribution in [3.8, 4) is 0 Å². The first-order chi connectivity index (χ1) is 6.65. The highest BCUT2D eigenvalue weighted by Crippen LogP contribution is 2.27. The lowest BCUT2D eigenvalue weighted by molar-refractivity contribution is 0.282. The van der Waals surface area contributed by atoms with Crippen LogP contribution in [0.25, 0.3) is 0 Å². The summed E-state index contributed by atoms with van der Waals surface area (Å²) in [5.74, 6) is 0. The zero-order valence-corrected chi connectivity index (χ0v) is 8.88. The highest BCUT2D eigenvalue weighted by Gasteiger charge is 2.05. The minimum absolute atomic E-state index is 0.161. The first kappa shape index (κ1) is 11.1. The number of benzene rings is 1. The van der Waals surface area contributed by atoms with E-state index in [0.717, 1.165) is 5.69 Å². The molecule has 3 nitrogen and oxygen atoms in total. The number of anilines is 2. The largest absolute Gasteiger partial charge is 0.396 e. The monoisotopic (exact) mass is 214 g/mol. The number of nitrogens with one attached hydrogen (secondary N) is 1. The van der Waals surface area contributed by atoms with Crippen LogP contribution in [-0.4, -0.2) is 17.8 Å². The van der Waals surface area contributed by atoms with Gasteiger partial charge in [-0.3, -0.25) is 0 Å². The van der Waals surface area contributed by atoms with E-state index in [4.69, 9.17) is 22.4 Å². The van der Waals surface area contributed by atoms with Crippen LogP contribution in [0.15, 0.2) is 18.2 Å². The van der Waals surface area contributed by atoms with Crippen LogP contribution in [0.4, 0.5) is 11.4 Å². The Kier molecular flexibility index (Phi) is 4.04. The van der Waals surface area contributed by atoms with E-state index in [1.54, 1.807) is 6.07 Å². The van der Waals surface area contributed by atoms with Crippen LogP contribution in [-0.2, 0) is 0 Å². The molecule has 0 heterocycles. The summed E-state index contributed by atoms with van der Waals surface area (Å²) in [7, 11) is 0. The predicted octanol–water partition coefficient (Wildman–Crippen LogP) is 2.10. The number of halogens is 1. The Labute approximate surface area is 88.9 Å². The van der Waals surface area contributed by atoms with Crippen molar-refractivity contribution in [2.24, 2.45) is 0 Å². The van der Waals surface area contributed by atoms with Crippen LogP contribution in [0.5, 0.6) is 0 Å². The Morgan fingerprint density at radius 1 is 1.57 bits per heavy atom. The molecule has 1 unspecified atom stereocenters. The number of rotatable bonds is 4. The molecule has 1 atom stereocenters.